The highest BCUT2D eigenvalue weighted by Gasteiger charge is 2.39. The lowest BCUT2D eigenvalue weighted by Gasteiger charge is -2.25. The molecule has 0 radical (unpaired) electrons. The van der Waals surface area contributed by atoms with Crippen LogP contribution in [0.15, 0.2) is 42.5 Å². The van der Waals surface area contributed by atoms with Gasteiger partial charge in [-0.25, -0.2) is 0 Å². The Labute approximate surface area is 169 Å². The lowest BCUT2D eigenvalue weighted by molar-refractivity contribution is -0.160. The van der Waals surface area contributed by atoms with Crippen molar-refractivity contribution in [3.8, 4) is 0 Å². The Morgan fingerprint density at radius 2 is 1.50 bits per heavy atom. The van der Waals surface area contributed by atoms with Gasteiger partial charge in [0.2, 0.25) is 0 Å². The topological polar surface area (TPSA) is 69.7 Å². The van der Waals surface area contributed by atoms with Gasteiger partial charge in [-0.15, -0.1) is 0 Å². The fraction of sp³-hybridized carbons (Fsp3) is 0.409. The molecule has 1 atom stereocenters. The predicted octanol–water partition coefficient (Wildman–Crippen LogP) is 4.33. The molecule has 0 bridgehead atoms. The van der Waals surface area contributed by atoms with E-state index in [-0.39, 0.29) is 16.3 Å². The molecule has 0 amide bonds. The van der Waals surface area contributed by atoms with E-state index in [9.17, 15) is 14.4 Å². The van der Waals surface area contributed by atoms with E-state index < -0.39 is 23.8 Å². The van der Waals surface area contributed by atoms with Crippen LogP contribution in [0.5, 0.6) is 0 Å². The number of ether oxygens (including phenoxy) is 2. The van der Waals surface area contributed by atoms with Crippen LogP contribution >= 0.6 is 11.8 Å². The zero-order valence-corrected chi connectivity index (χ0v) is 17.7. The molecule has 0 aliphatic carbocycles. The average Bonchev–Trinajstić information content (AvgIpc) is 2.65. The average molecular weight is 403 g/mol. The minimum absolute atomic E-state index is 0.0230. The van der Waals surface area contributed by atoms with Crippen LogP contribution in [0.25, 0.3) is 10.8 Å². The molecule has 0 aliphatic heterocycles. The molecule has 0 unspecified atom stereocenters. The third-order valence-electron chi connectivity index (χ3n) is 4.32. The molecule has 0 saturated heterocycles. The van der Waals surface area contributed by atoms with Crippen LogP contribution in [0.2, 0.25) is 0 Å². The summed E-state index contributed by atoms with van der Waals surface area (Å²) in [5, 5.41) is 1.91. The molecule has 0 saturated carbocycles. The minimum atomic E-state index is -1.21. The standard InChI is InChI=1S/C22H26O5S/c1-22(2,3)28-18(23)13-17(19(20(24)26-4)21(25)27-5)16-11-10-14-8-6-7-9-15(14)12-16/h6-12,17,19H,13H2,1-5H3/t17-/m0/s1. The third-order valence-corrected chi connectivity index (χ3v) is 5.33. The first-order valence-electron chi connectivity index (χ1n) is 9.02. The van der Waals surface area contributed by atoms with Gasteiger partial charge < -0.3 is 9.47 Å². The van der Waals surface area contributed by atoms with Crippen molar-refractivity contribution in [2.24, 2.45) is 5.92 Å². The van der Waals surface area contributed by atoms with Gasteiger partial charge in [0.1, 0.15) is 0 Å². The van der Waals surface area contributed by atoms with Gasteiger partial charge in [0, 0.05) is 17.1 Å². The van der Waals surface area contributed by atoms with E-state index >= 15 is 0 Å². The van der Waals surface area contributed by atoms with Gasteiger partial charge in [-0.1, -0.05) is 75.0 Å². The van der Waals surface area contributed by atoms with Crippen molar-refractivity contribution in [3.63, 3.8) is 0 Å². The lowest BCUT2D eigenvalue weighted by Crippen LogP contribution is -2.33. The Balaban J connectivity index is 2.50. The summed E-state index contributed by atoms with van der Waals surface area (Å²) in [5.41, 5.74) is 0.724. The Morgan fingerprint density at radius 1 is 0.929 bits per heavy atom. The smallest absolute Gasteiger partial charge is 0.320 e. The van der Waals surface area contributed by atoms with E-state index in [1.807, 2.05) is 63.2 Å². The molecule has 28 heavy (non-hydrogen) atoms. The number of carbonyl (C=O) groups excluding carboxylic acids is 3. The predicted molar refractivity (Wildman–Crippen MR) is 111 cm³/mol. The van der Waals surface area contributed by atoms with E-state index in [1.165, 1.54) is 26.0 Å². The van der Waals surface area contributed by atoms with E-state index in [4.69, 9.17) is 9.47 Å². The Kier molecular flexibility index (Phi) is 7.24. The summed E-state index contributed by atoms with van der Waals surface area (Å²) in [4.78, 5) is 37.5. The molecule has 2 rings (SSSR count). The molecular weight excluding hydrogens is 376 g/mol. The molecule has 0 aromatic heterocycles. The van der Waals surface area contributed by atoms with Crippen LogP contribution in [-0.2, 0) is 23.9 Å². The van der Waals surface area contributed by atoms with Crippen molar-refractivity contribution >= 4 is 39.6 Å². The second-order valence-corrected chi connectivity index (χ2v) is 9.41. The van der Waals surface area contributed by atoms with Crippen LogP contribution in [0.3, 0.4) is 0 Å². The Morgan fingerprint density at radius 3 is 2.04 bits per heavy atom. The number of rotatable bonds is 6. The van der Waals surface area contributed by atoms with Crippen LogP contribution in [0.4, 0.5) is 0 Å². The van der Waals surface area contributed by atoms with Gasteiger partial charge >= 0.3 is 11.9 Å². The van der Waals surface area contributed by atoms with Gasteiger partial charge in [-0.2, -0.15) is 0 Å². The van der Waals surface area contributed by atoms with Crippen molar-refractivity contribution in [1.29, 1.82) is 0 Å². The molecule has 0 fully saturated rings. The van der Waals surface area contributed by atoms with Crippen molar-refractivity contribution in [2.45, 2.75) is 37.9 Å². The summed E-state index contributed by atoms with van der Waals surface area (Å²) >= 11 is 1.20. The van der Waals surface area contributed by atoms with Gasteiger partial charge in [-0.3, -0.25) is 14.4 Å². The zero-order chi connectivity index (χ0) is 20.9. The molecule has 0 spiro atoms. The molecule has 0 N–H and O–H groups in total. The second-order valence-electron chi connectivity index (χ2n) is 7.53. The first kappa shape index (κ1) is 22.0. The largest absolute Gasteiger partial charge is 0.468 e. The summed E-state index contributed by atoms with van der Waals surface area (Å²) < 4.78 is 9.43. The molecule has 2 aromatic rings. The molecule has 5 nitrogen and oxygen atoms in total. The summed E-state index contributed by atoms with van der Waals surface area (Å²) in [7, 11) is 2.45. The lowest BCUT2D eigenvalue weighted by atomic mass is 9.83. The molecule has 0 aliphatic rings. The monoisotopic (exact) mass is 402 g/mol. The number of esters is 2. The maximum absolute atomic E-state index is 12.7. The molecule has 0 heterocycles. The van der Waals surface area contributed by atoms with E-state index in [0.29, 0.717) is 0 Å². The van der Waals surface area contributed by atoms with Crippen LogP contribution in [0.1, 0.15) is 38.7 Å². The van der Waals surface area contributed by atoms with Gasteiger partial charge in [0.15, 0.2) is 11.0 Å². The number of hydrogen-bond donors (Lipinski definition) is 0. The Bertz CT molecular complexity index is 853. The fourth-order valence-corrected chi connectivity index (χ4v) is 4.05. The zero-order valence-electron chi connectivity index (χ0n) is 16.9. The van der Waals surface area contributed by atoms with Crippen LogP contribution in [-0.4, -0.2) is 36.0 Å². The number of methoxy groups -OCH3 is 2. The summed E-state index contributed by atoms with van der Waals surface area (Å²) in [6, 6.07) is 13.5. The van der Waals surface area contributed by atoms with Crippen molar-refractivity contribution in [1.82, 2.24) is 0 Å². The highest BCUT2D eigenvalue weighted by Crippen LogP contribution is 2.36. The first-order valence-corrected chi connectivity index (χ1v) is 9.84. The highest BCUT2D eigenvalue weighted by atomic mass is 32.2. The summed E-state index contributed by atoms with van der Waals surface area (Å²) in [6.07, 6.45) is 0.0230. The summed E-state index contributed by atoms with van der Waals surface area (Å²) in [5.74, 6) is -3.30. The molecule has 6 heteroatoms. The molecular formula is C22H26O5S. The van der Waals surface area contributed by atoms with E-state index in [0.717, 1.165) is 16.3 Å². The van der Waals surface area contributed by atoms with Crippen LogP contribution < -0.4 is 0 Å². The quantitative estimate of drug-likeness (QED) is 0.529. The first-order chi connectivity index (χ1) is 13.2. The van der Waals surface area contributed by atoms with Crippen molar-refractivity contribution in [3.05, 3.63) is 48.0 Å². The third kappa shape index (κ3) is 5.58. The van der Waals surface area contributed by atoms with E-state index in [2.05, 4.69) is 0 Å². The maximum atomic E-state index is 12.7. The normalized spacial score (nSPS) is 12.6. The van der Waals surface area contributed by atoms with Crippen molar-refractivity contribution < 1.29 is 23.9 Å². The highest BCUT2D eigenvalue weighted by molar-refractivity contribution is 8.14. The Hall–Kier alpha value is -2.34. The SMILES string of the molecule is COC(=O)C(C(=O)OC)[C@@H](CC(=O)SC(C)(C)C)c1ccc2ccccc2c1. The van der Waals surface area contributed by atoms with Crippen molar-refractivity contribution in [2.75, 3.05) is 14.2 Å². The minimum Gasteiger partial charge on any atom is -0.468 e. The maximum Gasteiger partial charge on any atom is 0.320 e. The summed E-state index contributed by atoms with van der Waals surface area (Å²) in [6.45, 7) is 5.83. The second kappa shape index (κ2) is 9.24. The van der Waals surface area contributed by atoms with E-state index in [1.54, 1.807) is 0 Å². The number of hydrogen-bond acceptors (Lipinski definition) is 6. The van der Waals surface area contributed by atoms with Gasteiger partial charge in [0.25, 0.3) is 0 Å². The molecule has 2 aromatic carbocycles. The number of fused-ring (bicyclic) bond motifs is 1. The number of thioether (sulfide) groups is 1. The fourth-order valence-electron chi connectivity index (χ4n) is 3.11. The number of benzene rings is 2. The van der Waals surface area contributed by atoms with Gasteiger partial charge in [0.05, 0.1) is 14.2 Å². The number of carbonyl (C=O) groups is 3. The molecule has 150 valence electrons. The van der Waals surface area contributed by atoms with Gasteiger partial charge in [-0.05, 0) is 16.3 Å². The van der Waals surface area contributed by atoms with Crippen LogP contribution in [0, 0.1) is 5.92 Å².